The Morgan fingerprint density at radius 2 is 1.23 bits per heavy atom. The average Bonchev–Trinajstić information content (AvgIpc) is 4.09. The second kappa shape index (κ2) is 15.6. The van der Waals surface area contributed by atoms with Gasteiger partial charge in [0.1, 0.15) is 39.4 Å². The quantitative estimate of drug-likeness (QED) is 0.185. The van der Waals surface area contributed by atoms with Crippen molar-refractivity contribution in [1.82, 2.24) is 14.5 Å². The van der Waals surface area contributed by atoms with E-state index in [4.69, 9.17) is 23.2 Å². The summed E-state index contributed by atoms with van der Waals surface area (Å²) in [6.45, 7) is 24.1. The average molecular weight is 932 g/mol. The van der Waals surface area contributed by atoms with Crippen molar-refractivity contribution >= 4 is 66.1 Å². The Morgan fingerprint density at radius 3 is 1.99 bits per heavy atom. The molecule has 352 valence electrons. The fourth-order valence-corrected chi connectivity index (χ4v) is 10.6. The molecule has 12 aromatic rings. The second-order valence-corrected chi connectivity index (χ2v) is 22.6. The lowest BCUT2D eigenvalue weighted by molar-refractivity contribution is 0.446. The zero-order valence-electron chi connectivity index (χ0n) is 42.3. The van der Waals surface area contributed by atoms with Gasteiger partial charge < -0.3 is 18.4 Å². The molecule has 7 heteroatoms. The van der Waals surface area contributed by atoms with E-state index in [1.165, 1.54) is 16.7 Å². The molecule has 5 aromatic heterocycles. The van der Waals surface area contributed by atoms with Gasteiger partial charge in [0, 0.05) is 39.0 Å². The zero-order chi connectivity index (χ0) is 49.5. The lowest BCUT2D eigenvalue weighted by Crippen LogP contribution is -2.17. The molecule has 7 nitrogen and oxygen atoms in total. The first-order valence-electron chi connectivity index (χ1n) is 24.6. The van der Waals surface area contributed by atoms with E-state index in [1.807, 2.05) is 24.4 Å². The lowest BCUT2D eigenvalue weighted by Gasteiger charge is -2.28. The number of rotatable bonds is 5. The molecular weight excluding hydrogens is 875 g/mol. The number of aromatic nitrogens is 3. The number of fused-ring (bicyclic) bond motifs is 10. The van der Waals surface area contributed by atoms with E-state index in [2.05, 4.69) is 196 Å². The predicted octanol–water partition coefficient (Wildman–Crippen LogP) is 17.8. The van der Waals surface area contributed by atoms with Crippen molar-refractivity contribution in [2.24, 2.45) is 0 Å². The Balaban J connectivity index is 1.09. The molecule has 5 heterocycles. The first-order chi connectivity index (χ1) is 33.8. The van der Waals surface area contributed by atoms with Crippen molar-refractivity contribution in [2.45, 2.75) is 92.4 Å². The molecule has 7 aromatic carbocycles. The number of aryl methyl sites for hydroxylation is 2. The Hall–Kier alpha value is -7.90. The van der Waals surface area contributed by atoms with E-state index in [0.29, 0.717) is 28.3 Å². The van der Waals surface area contributed by atoms with Gasteiger partial charge in [0.2, 0.25) is 0 Å². The third kappa shape index (κ3) is 7.23. The number of pyridine rings is 1. The van der Waals surface area contributed by atoms with Crippen LogP contribution < -0.4 is 0 Å². The highest BCUT2D eigenvalue weighted by atomic mass is 16.5. The van der Waals surface area contributed by atoms with Crippen LogP contribution in [0.5, 0.6) is 5.75 Å². The monoisotopic (exact) mass is 931 g/mol. The van der Waals surface area contributed by atoms with Crippen LogP contribution in [-0.2, 0) is 16.2 Å². The second-order valence-electron chi connectivity index (χ2n) is 22.6. The summed E-state index contributed by atoms with van der Waals surface area (Å²) in [6, 6.07) is 46.9. The summed E-state index contributed by atoms with van der Waals surface area (Å²) in [5.41, 5.74) is 17.3. The third-order valence-electron chi connectivity index (χ3n) is 14.4. The van der Waals surface area contributed by atoms with E-state index < -0.39 is 0 Å². The fourth-order valence-electron chi connectivity index (χ4n) is 10.6. The fraction of sp³-hybridized carbons (Fsp3) is 0.219. The highest BCUT2D eigenvalue weighted by molar-refractivity contribution is 6.25. The molecule has 0 spiro atoms. The van der Waals surface area contributed by atoms with Crippen LogP contribution in [0.25, 0.3) is 117 Å². The Labute approximate surface area is 413 Å². The molecule has 0 unspecified atom stereocenters. The summed E-state index contributed by atoms with van der Waals surface area (Å²) in [4.78, 5) is 10.6. The molecule has 0 aliphatic heterocycles. The molecule has 12 rings (SSSR count). The molecule has 1 N–H and O–H groups in total. The van der Waals surface area contributed by atoms with Crippen LogP contribution in [0, 0.1) is 13.8 Å². The number of hydrogen-bond donors (Lipinski definition) is 1. The normalized spacial score (nSPS) is 12.8. The number of hydrogen-bond acceptors (Lipinski definition) is 6. The standard InChI is InChI=1S/C64H57N3O4/c1-35-27-36(2)55-43-20-17-38(31-53(43)69-54(55)28-35)39-25-26-65-48(30-39)40-18-23-51-45(29-40)56-57-52(71-61(56)70-51)24-22-50-58(57)66-60(46-33-42(63(6,7)8)34-47(59(46)68)64(9,10)11)67(50)49-21-19-41(62(3,4)5)32-44(49)37-15-13-12-14-16-37/h12-34,68H,1-11H3. The summed E-state index contributed by atoms with van der Waals surface area (Å²) in [5, 5.41) is 17.4. The van der Waals surface area contributed by atoms with Crippen molar-refractivity contribution in [3.63, 3.8) is 0 Å². The first kappa shape index (κ1) is 44.3. The van der Waals surface area contributed by atoms with E-state index >= 15 is 0 Å². The van der Waals surface area contributed by atoms with Gasteiger partial charge in [0.15, 0.2) is 0 Å². The minimum atomic E-state index is -0.354. The summed E-state index contributed by atoms with van der Waals surface area (Å²) in [6.07, 6.45) is 1.87. The summed E-state index contributed by atoms with van der Waals surface area (Å²) in [7, 11) is 0. The molecule has 0 radical (unpaired) electrons. The summed E-state index contributed by atoms with van der Waals surface area (Å²) >= 11 is 0. The van der Waals surface area contributed by atoms with Gasteiger partial charge in [-0.2, -0.15) is 0 Å². The molecule has 0 fully saturated rings. The van der Waals surface area contributed by atoms with Crippen LogP contribution >= 0.6 is 0 Å². The molecule has 0 atom stereocenters. The van der Waals surface area contributed by atoms with Crippen molar-refractivity contribution in [3.05, 3.63) is 167 Å². The smallest absolute Gasteiger partial charge is 0.299 e. The van der Waals surface area contributed by atoms with Crippen LogP contribution in [0.4, 0.5) is 0 Å². The van der Waals surface area contributed by atoms with Gasteiger partial charge in [-0.15, -0.1) is 0 Å². The molecule has 0 amide bonds. The topological polar surface area (TPSA) is 90.4 Å². The molecular formula is C64H57N3O4. The number of nitrogens with zero attached hydrogens (tertiary/aromatic N) is 3. The van der Waals surface area contributed by atoms with Crippen LogP contribution in [0.2, 0.25) is 0 Å². The van der Waals surface area contributed by atoms with E-state index in [9.17, 15) is 5.11 Å². The summed E-state index contributed by atoms with van der Waals surface area (Å²) in [5.74, 6) is 1.28. The SMILES string of the molecule is Cc1cc(C)c2c(c1)oc1cc(-c3ccnc(-c4ccc5oc6oc7ccc8c(nc(-c9cc(C(C)(C)C)cc(C(C)(C)C)c9O)n8-c8ccc(C(C)(C)C)cc8-c8ccccc8)c7c6c5c4)c3)ccc12. The first-order valence-corrected chi connectivity index (χ1v) is 24.6. The number of phenolic OH excluding ortho intramolecular Hbond substituents is 1. The van der Waals surface area contributed by atoms with Gasteiger partial charge in [-0.1, -0.05) is 117 Å². The van der Waals surface area contributed by atoms with E-state index in [1.54, 1.807) is 0 Å². The van der Waals surface area contributed by atoms with Crippen LogP contribution in [0.15, 0.2) is 153 Å². The largest absolute Gasteiger partial charge is 0.507 e. The predicted molar refractivity (Wildman–Crippen MR) is 292 cm³/mol. The maximum Gasteiger partial charge on any atom is 0.299 e. The molecule has 0 aliphatic rings. The number of benzene rings is 7. The van der Waals surface area contributed by atoms with Crippen molar-refractivity contribution in [2.75, 3.05) is 0 Å². The molecule has 0 bridgehead atoms. The number of phenols is 1. The van der Waals surface area contributed by atoms with Gasteiger partial charge in [-0.3, -0.25) is 9.55 Å². The van der Waals surface area contributed by atoms with E-state index in [0.717, 1.165) is 99.5 Å². The summed E-state index contributed by atoms with van der Waals surface area (Å²) < 4.78 is 21.8. The van der Waals surface area contributed by atoms with Crippen LogP contribution in [0.3, 0.4) is 0 Å². The minimum absolute atomic E-state index is 0.0994. The molecule has 0 aliphatic carbocycles. The molecule has 0 saturated carbocycles. The maximum atomic E-state index is 12.6. The molecule has 0 saturated heterocycles. The number of furan rings is 3. The van der Waals surface area contributed by atoms with Crippen LogP contribution in [0.1, 0.15) is 90.1 Å². The highest BCUT2D eigenvalue weighted by Crippen LogP contribution is 2.48. The Kier molecular flexibility index (Phi) is 9.71. The maximum absolute atomic E-state index is 12.6. The number of imidazole rings is 1. The van der Waals surface area contributed by atoms with Gasteiger partial charge in [0.05, 0.1) is 33.2 Å². The van der Waals surface area contributed by atoms with Gasteiger partial charge in [0.25, 0.3) is 5.78 Å². The third-order valence-corrected chi connectivity index (χ3v) is 14.4. The Morgan fingerprint density at radius 1 is 0.507 bits per heavy atom. The van der Waals surface area contributed by atoms with Gasteiger partial charge in [-0.05, 0) is 148 Å². The minimum Gasteiger partial charge on any atom is -0.507 e. The van der Waals surface area contributed by atoms with E-state index in [-0.39, 0.29) is 22.0 Å². The van der Waals surface area contributed by atoms with Gasteiger partial charge >= 0.3 is 0 Å². The van der Waals surface area contributed by atoms with Crippen molar-refractivity contribution in [1.29, 1.82) is 0 Å². The zero-order valence-corrected chi connectivity index (χ0v) is 42.3. The highest BCUT2D eigenvalue weighted by Gasteiger charge is 2.31. The van der Waals surface area contributed by atoms with Crippen molar-refractivity contribution in [3.8, 4) is 56.3 Å². The van der Waals surface area contributed by atoms with Gasteiger partial charge in [-0.25, -0.2) is 4.98 Å². The lowest BCUT2D eigenvalue weighted by atomic mass is 9.79. The Bertz CT molecular complexity index is 4140. The van der Waals surface area contributed by atoms with Crippen molar-refractivity contribution < 1.29 is 18.4 Å². The van der Waals surface area contributed by atoms with Crippen LogP contribution in [-0.4, -0.2) is 19.6 Å². The number of aromatic hydroxyl groups is 1. The molecule has 71 heavy (non-hydrogen) atoms.